The van der Waals surface area contributed by atoms with Gasteiger partial charge in [0.2, 0.25) is 0 Å². The molecule has 46 heavy (non-hydrogen) atoms. The number of hydrogen-bond donors (Lipinski definition) is 0. The van der Waals surface area contributed by atoms with Gasteiger partial charge < -0.3 is 23.7 Å². The van der Waals surface area contributed by atoms with Gasteiger partial charge in [0.15, 0.2) is 22.9 Å². The number of thiazole rings is 1. The maximum absolute atomic E-state index is 14.2. The fourth-order valence-electron chi connectivity index (χ4n) is 5.03. The fourth-order valence-corrected chi connectivity index (χ4v) is 6.04. The summed E-state index contributed by atoms with van der Waals surface area (Å²) in [5.74, 6) is 0.388. The SMILES string of the molecule is CCOC(=O)COc1ccc(/C=c2\sc3n(c2=O)[C@H](c2ccc(OC)cc2)C(C(=O)OCC)=C(c2ccccc2)N=3)cc1OCC. The van der Waals surface area contributed by atoms with Gasteiger partial charge in [-0.2, -0.15) is 0 Å². The molecule has 5 rings (SSSR count). The highest BCUT2D eigenvalue weighted by Gasteiger charge is 2.35. The Labute approximate surface area is 269 Å². The van der Waals surface area contributed by atoms with Crippen LogP contribution in [0.3, 0.4) is 0 Å². The van der Waals surface area contributed by atoms with Crippen molar-refractivity contribution in [3.05, 3.63) is 115 Å². The Morgan fingerprint density at radius 3 is 2.30 bits per heavy atom. The Morgan fingerprint density at radius 1 is 0.891 bits per heavy atom. The van der Waals surface area contributed by atoms with Gasteiger partial charge in [-0.05, 0) is 62.2 Å². The highest BCUT2D eigenvalue weighted by molar-refractivity contribution is 7.07. The lowest BCUT2D eigenvalue weighted by molar-refractivity contribution is -0.145. The third-order valence-corrected chi connectivity index (χ3v) is 8.00. The molecule has 238 valence electrons. The molecule has 1 aliphatic heterocycles. The normalized spacial score (nSPS) is 14.3. The third kappa shape index (κ3) is 6.89. The van der Waals surface area contributed by atoms with Crippen molar-refractivity contribution in [1.29, 1.82) is 0 Å². The fraction of sp³-hybridized carbons (Fsp3) is 0.257. The Bertz CT molecular complexity index is 1930. The molecular formula is C35H34N2O8S. The van der Waals surface area contributed by atoms with Crippen LogP contribution in [-0.4, -0.2) is 50.0 Å². The van der Waals surface area contributed by atoms with E-state index in [1.807, 2.05) is 49.4 Å². The number of nitrogens with zero attached hydrogens (tertiary/aromatic N) is 2. The van der Waals surface area contributed by atoms with Gasteiger partial charge in [-0.1, -0.05) is 59.9 Å². The smallest absolute Gasteiger partial charge is 0.344 e. The molecule has 0 saturated carbocycles. The van der Waals surface area contributed by atoms with Gasteiger partial charge in [-0.3, -0.25) is 9.36 Å². The van der Waals surface area contributed by atoms with E-state index in [0.29, 0.717) is 50.0 Å². The topological polar surface area (TPSA) is 115 Å². The summed E-state index contributed by atoms with van der Waals surface area (Å²) in [7, 11) is 1.57. The molecule has 1 aromatic heterocycles. The van der Waals surface area contributed by atoms with Crippen LogP contribution in [0.4, 0.5) is 0 Å². The van der Waals surface area contributed by atoms with E-state index in [0.717, 1.165) is 5.56 Å². The quantitative estimate of drug-likeness (QED) is 0.211. The van der Waals surface area contributed by atoms with Crippen LogP contribution < -0.4 is 29.1 Å². The van der Waals surface area contributed by atoms with E-state index in [1.54, 1.807) is 57.4 Å². The van der Waals surface area contributed by atoms with Crippen LogP contribution in [0, 0.1) is 0 Å². The zero-order valence-corrected chi connectivity index (χ0v) is 26.8. The minimum absolute atomic E-state index is 0.159. The summed E-state index contributed by atoms with van der Waals surface area (Å²) in [6.45, 7) is 5.82. The Morgan fingerprint density at radius 2 is 1.63 bits per heavy atom. The van der Waals surface area contributed by atoms with Gasteiger partial charge in [-0.15, -0.1) is 0 Å². The minimum atomic E-state index is -0.809. The molecule has 0 unspecified atom stereocenters. The second-order valence-corrected chi connectivity index (χ2v) is 10.9. The monoisotopic (exact) mass is 642 g/mol. The molecule has 0 saturated heterocycles. The molecule has 0 spiro atoms. The molecule has 0 N–H and O–H groups in total. The van der Waals surface area contributed by atoms with Crippen LogP contribution in [0.15, 0.2) is 88.2 Å². The Kier molecular flexibility index (Phi) is 10.3. The van der Waals surface area contributed by atoms with Crippen molar-refractivity contribution < 1.29 is 33.3 Å². The van der Waals surface area contributed by atoms with Gasteiger partial charge in [0.1, 0.15) is 5.75 Å². The number of hydrogen-bond acceptors (Lipinski definition) is 10. The number of fused-ring (bicyclic) bond motifs is 1. The summed E-state index contributed by atoms with van der Waals surface area (Å²) >= 11 is 1.22. The number of carbonyl (C=O) groups is 2. The minimum Gasteiger partial charge on any atom is -0.497 e. The van der Waals surface area contributed by atoms with Crippen LogP contribution >= 0.6 is 11.3 Å². The molecule has 2 heterocycles. The lowest BCUT2D eigenvalue weighted by atomic mass is 9.93. The lowest BCUT2D eigenvalue weighted by Gasteiger charge is -2.26. The maximum Gasteiger partial charge on any atom is 0.344 e. The van der Waals surface area contributed by atoms with E-state index in [9.17, 15) is 14.4 Å². The number of ether oxygens (including phenoxy) is 5. The molecule has 3 aromatic carbocycles. The van der Waals surface area contributed by atoms with Crippen LogP contribution in [0.25, 0.3) is 11.8 Å². The molecule has 1 atom stereocenters. The summed E-state index contributed by atoms with van der Waals surface area (Å²) in [5.41, 5.74) is 2.47. The van der Waals surface area contributed by atoms with Crippen LogP contribution in [-0.2, 0) is 19.1 Å². The van der Waals surface area contributed by atoms with E-state index in [1.165, 1.54) is 15.9 Å². The van der Waals surface area contributed by atoms with Gasteiger partial charge in [-0.25, -0.2) is 14.6 Å². The second kappa shape index (κ2) is 14.7. The number of esters is 2. The van der Waals surface area contributed by atoms with E-state index in [-0.39, 0.29) is 31.0 Å². The van der Waals surface area contributed by atoms with Gasteiger partial charge in [0, 0.05) is 5.56 Å². The lowest BCUT2D eigenvalue weighted by Crippen LogP contribution is -2.40. The van der Waals surface area contributed by atoms with Crippen LogP contribution in [0.1, 0.15) is 43.5 Å². The largest absolute Gasteiger partial charge is 0.497 e. The average molecular weight is 643 g/mol. The summed E-state index contributed by atoms with van der Waals surface area (Å²) in [6, 6.07) is 21.0. The van der Waals surface area contributed by atoms with E-state index in [2.05, 4.69) is 0 Å². The first-order valence-corrected chi connectivity index (χ1v) is 15.7. The number of aromatic nitrogens is 1. The Balaban J connectivity index is 1.67. The van der Waals surface area contributed by atoms with Crippen molar-refractivity contribution in [2.24, 2.45) is 4.99 Å². The predicted molar refractivity (Wildman–Crippen MR) is 174 cm³/mol. The zero-order valence-electron chi connectivity index (χ0n) is 26.0. The van der Waals surface area contributed by atoms with Crippen LogP contribution in [0.2, 0.25) is 0 Å². The first kappa shape index (κ1) is 32.2. The standard InChI is InChI=1S/C35H34N2O8S/c1-5-42-27-19-22(13-18-26(27)45-21-29(38)43-6-2)20-28-33(39)37-32(24-14-16-25(41-4)17-15-24)30(34(40)44-7-3)31(36-35(37)46-28)23-11-9-8-10-12-23/h8-20,32H,5-7,21H2,1-4H3/b28-20-/t32-/m1/s1. The zero-order chi connectivity index (χ0) is 32.6. The molecule has 0 radical (unpaired) electrons. The highest BCUT2D eigenvalue weighted by Crippen LogP contribution is 2.36. The van der Waals surface area contributed by atoms with E-state index < -0.39 is 18.0 Å². The molecule has 10 nitrogen and oxygen atoms in total. The summed E-state index contributed by atoms with van der Waals surface area (Å²) in [4.78, 5) is 45.0. The number of benzene rings is 3. The predicted octanol–water partition coefficient (Wildman–Crippen LogP) is 4.28. The third-order valence-electron chi connectivity index (χ3n) is 7.02. The van der Waals surface area contributed by atoms with Crippen LogP contribution in [0.5, 0.6) is 17.2 Å². The number of rotatable bonds is 12. The summed E-state index contributed by atoms with van der Waals surface area (Å²) in [6.07, 6.45) is 1.74. The van der Waals surface area contributed by atoms with Gasteiger partial charge >= 0.3 is 11.9 Å². The van der Waals surface area contributed by atoms with Crippen molar-refractivity contribution in [2.45, 2.75) is 26.8 Å². The van der Waals surface area contributed by atoms with Gasteiger partial charge in [0.05, 0.1) is 48.8 Å². The molecule has 0 fully saturated rings. The number of carbonyl (C=O) groups excluding carboxylic acids is 2. The van der Waals surface area contributed by atoms with E-state index in [4.69, 9.17) is 28.7 Å². The van der Waals surface area contributed by atoms with Crippen molar-refractivity contribution in [3.63, 3.8) is 0 Å². The first-order valence-electron chi connectivity index (χ1n) is 14.9. The summed E-state index contributed by atoms with van der Waals surface area (Å²) < 4.78 is 29.2. The second-order valence-electron chi connectivity index (χ2n) is 9.94. The molecule has 1 aliphatic rings. The van der Waals surface area contributed by atoms with Crippen molar-refractivity contribution in [1.82, 2.24) is 4.57 Å². The molecule has 0 amide bonds. The van der Waals surface area contributed by atoms with Gasteiger partial charge in [0.25, 0.3) is 5.56 Å². The molecule has 4 aromatic rings. The molecular weight excluding hydrogens is 608 g/mol. The highest BCUT2D eigenvalue weighted by atomic mass is 32.1. The maximum atomic E-state index is 14.2. The first-order chi connectivity index (χ1) is 22.4. The summed E-state index contributed by atoms with van der Waals surface area (Å²) in [5, 5.41) is 0. The van der Waals surface area contributed by atoms with Crippen molar-refractivity contribution in [2.75, 3.05) is 33.5 Å². The van der Waals surface area contributed by atoms with Crippen molar-refractivity contribution >= 4 is 35.0 Å². The molecule has 11 heteroatoms. The Hall–Kier alpha value is -5.16. The van der Waals surface area contributed by atoms with Crippen molar-refractivity contribution in [3.8, 4) is 17.2 Å². The average Bonchev–Trinajstić information content (AvgIpc) is 3.38. The molecule has 0 aliphatic carbocycles. The number of methoxy groups -OCH3 is 1. The van der Waals surface area contributed by atoms with E-state index >= 15 is 0 Å². The molecule has 0 bridgehead atoms.